The summed E-state index contributed by atoms with van der Waals surface area (Å²) in [6, 6.07) is 18.2. The predicted octanol–water partition coefficient (Wildman–Crippen LogP) is 5.35. The highest BCUT2D eigenvalue weighted by molar-refractivity contribution is 6.16. The monoisotopic (exact) mass is 596 g/mol. The number of nitrogens with one attached hydrogen (secondary N) is 4. The summed E-state index contributed by atoms with van der Waals surface area (Å²) in [4.78, 5) is 21.7. The number of para-hydroxylation sites is 1. The zero-order chi connectivity index (χ0) is 31.3. The Hall–Kier alpha value is -4.77. The van der Waals surface area contributed by atoms with Crippen LogP contribution in [0.25, 0.3) is 0 Å². The minimum atomic E-state index is -0.595. The number of amides is 1. The summed E-state index contributed by atoms with van der Waals surface area (Å²) in [5, 5.41) is 22.8. The van der Waals surface area contributed by atoms with Gasteiger partial charge in [0.25, 0.3) is 0 Å². The molecule has 1 atom stereocenters. The van der Waals surface area contributed by atoms with Crippen molar-refractivity contribution in [3.8, 4) is 11.5 Å². The van der Waals surface area contributed by atoms with Gasteiger partial charge in [-0.2, -0.15) is 0 Å². The van der Waals surface area contributed by atoms with E-state index in [0.29, 0.717) is 28.4 Å². The summed E-state index contributed by atoms with van der Waals surface area (Å²) in [7, 11) is 1.74. The fourth-order valence-electron chi connectivity index (χ4n) is 5.27. The quantitative estimate of drug-likeness (QED) is 0.152. The van der Waals surface area contributed by atoms with E-state index in [1.165, 1.54) is 6.33 Å². The van der Waals surface area contributed by atoms with Crippen LogP contribution in [0.15, 0.2) is 71.5 Å². The van der Waals surface area contributed by atoms with Crippen LogP contribution in [0.1, 0.15) is 75.1 Å². The van der Waals surface area contributed by atoms with Gasteiger partial charge in [0.1, 0.15) is 47.0 Å². The SMILES string of the molecule is CNC(C(=O)NC1CCC(Nc2ncnc(N)c2C(=N)c2ccc(Oc3ccccc3)cc2)CC1)c1cc(C(C)(C)C)on1. The Bertz CT molecular complexity index is 1570. The number of hydrogen-bond acceptors (Lipinski definition) is 10. The lowest BCUT2D eigenvalue weighted by Crippen LogP contribution is -2.44. The molecule has 1 saturated carbocycles. The fourth-order valence-corrected chi connectivity index (χ4v) is 5.27. The van der Waals surface area contributed by atoms with Crippen LogP contribution in [-0.4, -0.2) is 45.9 Å². The molecule has 0 bridgehead atoms. The number of benzene rings is 2. The average molecular weight is 597 g/mol. The predicted molar refractivity (Wildman–Crippen MR) is 170 cm³/mol. The maximum Gasteiger partial charge on any atom is 0.243 e. The smallest absolute Gasteiger partial charge is 0.243 e. The first-order chi connectivity index (χ1) is 21.1. The van der Waals surface area contributed by atoms with Crippen LogP contribution in [0.3, 0.4) is 0 Å². The Kier molecular flexibility index (Phi) is 9.24. The van der Waals surface area contributed by atoms with E-state index < -0.39 is 6.04 Å². The number of nitrogen functional groups attached to an aromatic ring is 1. The molecule has 0 radical (unpaired) electrons. The molecule has 11 nitrogen and oxygen atoms in total. The minimum absolute atomic E-state index is 0.0373. The third-order valence-corrected chi connectivity index (χ3v) is 7.78. The minimum Gasteiger partial charge on any atom is -0.457 e. The number of nitrogens with two attached hydrogens (primary N) is 1. The van der Waals surface area contributed by atoms with E-state index in [-0.39, 0.29) is 34.9 Å². The summed E-state index contributed by atoms with van der Waals surface area (Å²) in [5.41, 5.74) is 7.99. The number of nitrogens with zero attached hydrogens (tertiary/aromatic N) is 3. The zero-order valence-electron chi connectivity index (χ0n) is 25.6. The number of likely N-dealkylation sites (N-methyl/N-ethyl adjacent to an activating group) is 1. The molecule has 5 rings (SSSR count). The molecule has 0 aliphatic heterocycles. The first-order valence-corrected chi connectivity index (χ1v) is 14.9. The Morgan fingerprint density at radius 2 is 1.66 bits per heavy atom. The highest BCUT2D eigenvalue weighted by Gasteiger charge is 2.30. The Balaban J connectivity index is 1.19. The zero-order valence-corrected chi connectivity index (χ0v) is 25.6. The van der Waals surface area contributed by atoms with Crippen molar-refractivity contribution < 1.29 is 14.1 Å². The maximum atomic E-state index is 13.1. The summed E-state index contributed by atoms with van der Waals surface area (Å²) in [5.74, 6) is 2.78. The first kappa shape index (κ1) is 30.7. The van der Waals surface area contributed by atoms with E-state index in [1.807, 2.05) is 81.4 Å². The molecule has 6 N–H and O–H groups in total. The third-order valence-electron chi connectivity index (χ3n) is 7.78. The summed E-state index contributed by atoms with van der Waals surface area (Å²) < 4.78 is 11.4. The van der Waals surface area contributed by atoms with Crippen LogP contribution in [0.5, 0.6) is 11.5 Å². The Morgan fingerprint density at radius 3 is 2.30 bits per heavy atom. The molecule has 2 aromatic carbocycles. The Labute approximate surface area is 257 Å². The van der Waals surface area contributed by atoms with Crippen molar-refractivity contribution in [2.75, 3.05) is 18.1 Å². The largest absolute Gasteiger partial charge is 0.457 e. The molecule has 0 saturated heterocycles. The van der Waals surface area contributed by atoms with Gasteiger partial charge < -0.3 is 30.9 Å². The maximum absolute atomic E-state index is 13.1. The van der Waals surface area contributed by atoms with Crippen molar-refractivity contribution in [1.82, 2.24) is 25.8 Å². The highest BCUT2D eigenvalue weighted by Crippen LogP contribution is 2.29. The number of aromatic nitrogens is 3. The van der Waals surface area contributed by atoms with Crippen LogP contribution < -0.4 is 26.4 Å². The molecule has 2 aromatic heterocycles. The summed E-state index contributed by atoms with van der Waals surface area (Å²) in [6.07, 6.45) is 4.62. The van der Waals surface area contributed by atoms with Crippen molar-refractivity contribution in [2.24, 2.45) is 0 Å². The molecule has 1 aliphatic carbocycles. The van der Waals surface area contributed by atoms with Crippen LogP contribution in [0.4, 0.5) is 11.6 Å². The van der Waals surface area contributed by atoms with Gasteiger partial charge in [-0.25, -0.2) is 9.97 Å². The van der Waals surface area contributed by atoms with E-state index in [4.69, 9.17) is 20.4 Å². The number of hydrogen-bond donors (Lipinski definition) is 5. The topological polar surface area (TPSA) is 164 Å². The molecule has 44 heavy (non-hydrogen) atoms. The van der Waals surface area contributed by atoms with Gasteiger partial charge in [-0.3, -0.25) is 10.2 Å². The van der Waals surface area contributed by atoms with Gasteiger partial charge in [0, 0.05) is 29.1 Å². The number of anilines is 2. The molecular weight excluding hydrogens is 556 g/mol. The second-order valence-corrected chi connectivity index (χ2v) is 12.1. The van der Waals surface area contributed by atoms with Crippen molar-refractivity contribution in [3.05, 3.63) is 89.6 Å². The first-order valence-electron chi connectivity index (χ1n) is 14.9. The van der Waals surface area contributed by atoms with E-state index in [2.05, 4.69) is 31.1 Å². The molecule has 11 heteroatoms. The van der Waals surface area contributed by atoms with Gasteiger partial charge in [0.2, 0.25) is 5.91 Å². The van der Waals surface area contributed by atoms with Crippen LogP contribution in [0, 0.1) is 5.41 Å². The third kappa shape index (κ3) is 7.23. The van der Waals surface area contributed by atoms with E-state index >= 15 is 0 Å². The van der Waals surface area contributed by atoms with Gasteiger partial charge >= 0.3 is 0 Å². The molecule has 0 spiro atoms. The standard InChI is InChI=1S/C33H40N8O3/c1-33(2,3)26-18-25(41-44-26)29(36-4)32(42)40-22-14-12-21(13-15-22)39-31-27(30(35)37-19-38-31)28(34)20-10-16-24(17-11-20)43-23-8-6-5-7-9-23/h5-11,16-19,21-22,29,34,36H,12-15H2,1-4H3,(H,40,42)(H3,35,37,38,39). The van der Waals surface area contributed by atoms with E-state index in [9.17, 15) is 4.79 Å². The number of carbonyl (C=O) groups is 1. The van der Waals surface area contributed by atoms with E-state index in [1.54, 1.807) is 7.05 Å². The van der Waals surface area contributed by atoms with Gasteiger partial charge in [-0.1, -0.05) is 44.1 Å². The number of carbonyl (C=O) groups excluding carboxylic acids is 1. The van der Waals surface area contributed by atoms with Crippen molar-refractivity contribution >= 4 is 23.3 Å². The summed E-state index contributed by atoms with van der Waals surface area (Å²) >= 11 is 0. The van der Waals surface area contributed by atoms with Crippen LogP contribution >= 0.6 is 0 Å². The van der Waals surface area contributed by atoms with Gasteiger partial charge in [-0.15, -0.1) is 0 Å². The van der Waals surface area contributed by atoms with Crippen LogP contribution in [0.2, 0.25) is 0 Å². The second-order valence-electron chi connectivity index (χ2n) is 12.1. The van der Waals surface area contributed by atoms with Crippen molar-refractivity contribution in [2.45, 2.75) is 70.0 Å². The van der Waals surface area contributed by atoms with Gasteiger partial charge in [0.05, 0.1) is 11.3 Å². The molecule has 1 amide bonds. The number of ether oxygens (including phenoxy) is 1. The van der Waals surface area contributed by atoms with Crippen LogP contribution in [-0.2, 0) is 10.2 Å². The van der Waals surface area contributed by atoms with Crippen molar-refractivity contribution in [1.29, 1.82) is 5.41 Å². The number of rotatable bonds is 10. The van der Waals surface area contributed by atoms with Crippen molar-refractivity contribution in [3.63, 3.8) is 0 Å². The lowest BCUT2D eigenvalue weighted by atomic mass is 9.90. The molecule has 1 aliphatic rings. The fraction of sp³-hybridized carbons (Fsp3) is 0.364. The molecule has 4 aromatic rings. The lowest BCUT2D eigenvalue weighted by molar-refractivity contribution is -0.124. The molecule has 1 unspecified atom stereocenters. The van der Waals surface area contributed by atoms with Gasteiger partial charge in [-0.05, 0) is 69.1 Å². The lowest BCUT2D eigenvalue weighted by Gasteiger charge is -2.31. The second kappa shape index (κ2) is 13.3. The molecular formula is C33H40N8O3. The summed E-state index contributed by atoms with van der Waals surface area (Å²) in [6.45, 7) is 6.12. The highest BCUT2D eigenvalue weighted by atomic mass is 16.5. The van der Waals surface area contributed by atoms with E-state index in [0.717, 1.165) is 37.2 Å². The average Bonchev–Trinajstić information content (AvgIpc) is 3.50. The molecule has 230 valence electrons. The molecule has 1 fully saturated rings. The normalized spacial score (nSPS) is 17.5. The van der Waals surface area contributed by atoms with Gasteiger partial charge in [0.15, 0.2) is 0 Å². The molecule has 2 heterocycles. The Morgan fingerprint density at radius 1 is 1.00 bits per heavy atom.